The van der Waals surface area contributed by atoms with E-state index in [1.807, 2.05) is 15.9 Å². The average molecular weight is 289 g/mol. The Kier molecular flexibility index (Phi) is 3.60. The van der Waals surface area contributed by atoms with Crippen molar-refractivity contribution in [3.63, 3.8) is 0 Å². The summed E-state index contributed by atoms with van der Waals surface area (Å²) in [4.78, 5) is 10.1. The lowest BCUT2D eigenvalue weighted by Gasteiger charge is -2.30. The second kappa shape index (κ2) is 3.69. The minimum absolute atomic E-state index is 1.59. The summed E-state index contributed by atoms with van der Waals surface area (Å²) in [6.45, 7) is 0. The molecule has 0 rings (SSSR count). The van der Waals surface area contributed by atoms with Crippen molar-refractivity contribution in [2.75, 3.05) is 0 Å². The van der Waals surface area contributed by atoms with Gasteiger partial charge in [-0.1, -0.05) is 0 Å². The third-order valence-electron chi connectivity index (χ3n) is 1.33. The number of carbonyl (C=O) groups is 1. The number of carbonyl (C=O) groups excluding carboxylic acids is 1. The van der Waals surface area contributed by atoms with Crippen molar-refractivity contribution in [1.29, 1.82) is 0 Å². The molecule has 0 saturated heterocycles. The van der Waals surface area contributed by atoms with Crippen molar-refractivity contribution in [3.8, 4) is 0 Å². The fourth-order valence-corrected chi connectivity index (χ4v) is 0.968. The van der Waals surface area contributed by atoms with Gasteiger partial charge in [0.1, 0.15) is 0 Å². The van der Waals surface area contributed by atoms with Crippen LogP contribution in [-0.4, -0.2) is 27.8 Å². The summed E-state index contributed by atoms with van der Waals surface area (Å²) in [7, 11) is 0. The van der Waals surface area contributed by atoms with Gasteiger partial charge in [-0.15, -0.1) is 0 Å². The van der Waals surface area contributed by atoms with Crippen LogP contribution in [0.15, 0.2) is 0 Å². The van der Waals surface area contributed by atoms with E-state index in [1.54, 1.807) is 0 Å². The first kappa shape index (κ1) is 13.7. The van der Waals surface area contributed by atoms with Gasteiger partial charge >= 0.3 is 12.4 Å². The largest absolute Gasteiger partial charge is 0.426 e. The number of halogens is 7. The van der Waals surface area contributed by atoms with Crippen molar-refractivity contribution in [2.45, 2.75) is 24.4 Å². The van der Waals surface area contributed by atoms with E-state index in [0.29, 0.717) is 0 Å². The number of rotatable bonds is 2. The lowest BCUT2D eigenvalue weighted by atomic mass is 9.99. The van der Waals surface area contributed by atoms with Gasteiger partial charge in [-0.3, -0.25) is 4.79 Å². The molecule has 0 saturated carbocycles. The molecular weight excluding hydrogens is 286 g/mol. The number of hydrogen-bond donors (Lipinski definition) is 1. The molecule has 0 heterocycles. The van der Waals surface area contributed by atoms with E-state index in [2.05, 4.69) is 0 Å². The Balaban J connectivity index is 5.18. The molecule has 0 spiro atoms. The van der Waals surface area contributed by atoms with E-state index in [0.717, 1.165) is 0 Å². The molecule has 0 aromatic heterocycles. The van der Waals surface area contributed by atoms with Gasteiger partial charge in [0.2, 0.25) is 4.69 Å². The van der Waals surface area contributed by atoms with E-state index < -0.39 is 29.1 Å². The van der Waals surface area contributed by atoms with Gasteiger partial charge in [0.05, 0.1) is 6.42 Å². The van der Waals surface area contributed by atoms with Crippen LogP contribution in [-0.2, 0) is 4.79 Å². The second-order valence-corrected chi connectivity index (χ2v) is 3.27. The van der Waals surface area contributed by atoms with Crippen molar-refractivity contribution >= 4 is 20.6 Å². The summed E-state index contributed by atoms with van der Waals surface area (Å²) < 4.78 is 69.3. The lowest BCUT2D eigenvalue weighted by molar-refractivity contribution is -0.366. The van der Waals surface area contributed by atoms with Crippen molar-refractivity contribution in [1.82, 2.24) is 0 Å². The highest BCUT2D eigenvalue weighted by Crippen LogP contribution is 2.45. The van der Waals surface area contributed by atoms with Crippen LogP contribution >= 0.6 is 15.9 Å². The predicted molar refractivity (Wildman–Crippen MR) is 35.6 cm³/mol. The molecular formula is C5H3BrF6O2. The van der Waals surface area contributed by atoms with E-state index in [-0.39, 0.29) is 0 Å². The molecule has 0 bridgehead atoms. The van der Waals surface area contributed by atoms with Gasteiger partial charge in [0, 0.05) is 0 Å². The summed E-state index contributed by atoms with van der Waals surface area (Å²) in [5.41, 5.74) is -5.00. The van der Waals surface area contributed by atoms with Crippen molar-refractivity contribution in [3.05, 3.63) is 0 Å². The Morgan fingerprint density at radius 1 is 1.07 bits per heavy atom. The van der Waals surface area contributed by atoms with Gasteiger partial charge in [-0.2, -0.15) is 26.3 Å². The van der Waals surface area contributed by atoms with Gasteiger partial charge in [0.25, 0.3) is 5.60 Å². The third kappa shape index (κ3) is 2.59. The molecule has 0 aliphatic rings. The SMILES string of the molecule is O=C(Br)CC(O)(C(F)(F)F)C(F)(F)F. The molecule has 0 aromatic rings. The van der Waals surface area contributed by atoms with E-state index in [4.69, 9.17) is 5.11 Å². The third-order valence-corrected chi connectivity index (χ3v) is 1.61. The Morgan fingerprint density at radius 2 is 1.36 bits per heavy atom. The predicted octanol–water partition coefficient (Wildman–Crippen LogP) is 2.15. The molecule has 84 valence electrons. The van der Waals surface area contributed by atoms with E-state index >= 15 is 0 Å². The Hall–Kier alpha value is -0.310. The molecule has 0 atom stereocenters. The highest BCUT2D eigenvalue weighted by atomic mass is 79.9. The summed E-state index contributed by atoms with van der Waals surface area (Å²) in [5.74, 6) is 0. The molecule has 1 N–H and O–H groups in total. The Morgan fingerprint density at radius 3 is 1.43 bits per heavy atom. The fourth-order valence-electron chi connectivity index (χ4n) is 0.562. The summed E-state index contributed by atoms with van der Waals surface area (Å²) >= 11 is 1.90. The number of hydrogen-bond acceptors (Lipinski definition) is 2. The first-order valence-electron chi connectivity index (χ1n) is 2.96. The van der Waals surface area contributed by atoms with E-state index in [1.165, 1.54) is 0 Å². The van der Waals surface area contributed by atoms with Crippen LogP contribution < -0.4 is 0 Å². The maximum Gasteiger partial charge on any atom is 0.426 e. The molecule has 0 amide bonds. The minimum atomic E-state index is -5.95. The number of alkyl halides is 6. The fraction of sp³-hybridized carbons (Fsp3) is 0.800. The summed E-state index contributed by atoms with van der Waals surface area (Å²) in [6.07, 6.45) is -14.0. The van der Waals surface area contributed by atoms with Crippen molar-refractivity contribution < 1.29 is 36.2 Å². The molecule has 0 aromatic carbocycles. The highest BCUT2D eigenvalue weighted by Gasteiger charge is 2.70. The average Bonchev–Trinajstić information content (AvgIpc) is 1.79. The normalized spacial score (nSPS) is 14.3. The lowest BCUT2D eigenvalue weighted by Crippen LogP contribution is -2.57. The van der Waals surface area contributed by atoms with Crippen LogP contribution in [0.3, 0.4) is 0 Å². The van der Waals surface area contributed by atoms with Crippen LogP contribution in [0.4, 0.5) is 26.3 Å². The van der Waals surface area contributed by atoms with Crippen LogP contribution in [0.1, 0.15) is 6.42 Å². The van der Waals surface area contributed by atoms with Gasteiger partial charge in [0.15, 0.2) is 0 Å². The minimum Gasteiger partial charge on any atom is -0.373 e. The first-order chi connectivity index (χ1) is 5.92. The van der Waals surface area contributed by atoms with Crippen LogP contribution in [0.25, 0.3) is 0 Å². The summed E-state index contributed by atoms with van der Waals surface area (Å²) in [6, 6.07) is 0. The zero-order valence-corrected chi connectivity index (χ0v) is 7.79. The molecule has 0 aliphatic heterocycles. The molecule has 0 fully saturated rings. The van der Waals surface area contributed by atoms with Gasteiger partial charge < -0.3 is 5.11 Å². The van der Waals surface area contributed by atoms with Crippen LogP contribution in [0.5, 0.6) is 0 Å². The first-order valence-corrected chi connectivity index (χ1v) is 3.75. The molecule has 0 aliphatic carbocycles. The smallest absolute Gasteiger partial charge is 0.373 e. The van der Waals surface area contributed by atoms with E-state index in [9.17, 15) is 31.1 Å². The van der Waals surface area contributed by atoms with Crippen LogP contribution in [0.2, 0.25) is 0 Å². The van der Waals surface area contributed by atoms with Crippen LogP contribution in [0, 0.1) is 0 Å². The summed E-state index contributed by atoms with van der Waals surface area (Å²) in [5, 5.41) is 8.35. The van der Waals surface area contributed by atoms with Gasteiger partial charge in [-0.05, 0) is 15.9 Å². The standard InChI is InChI=1S/C5H3BrF6O2/c6-2(13)1-3(14,4(7,8)9)5(10,11)12/h14H,1H2. The maximum atomic E-state index is 11.8. The van der Waals surface area contributed by atoms with Gasteiger partial charge in [-0.25, -0.2) is 0 Å². The molecule has 14 heavy (non-hydrogen) atoms. The molecule has 2 nitrogen and oxygen atoms in total. The molecule has 9 heteroatoms. The molecule has 0 unspecified atom stereocenters. The topological polar surface area (TPSA) is 37.3 Å². The quantitative estimate of drug-likeness (QED) is 0.624. The van der Waals surface area contributed by atoms with Crippen molar-refractivity contribution in [2.24, 2.45) is 0 Å². The maximum absolute atomic E-state index is 11.8. The zero-order valence-electron chi connectivity index (χ0n) is 6.21. The molecule has 0 radical (unpaired) electrons. The number of aliphatic hydroxyl groups is 1. The Labute approximate surface area is 82.0 Å². The highest BCUT2D eigenvalue weighted by molar-refractivity contribution is 9.18. The monoisotopic (exact) mass is 288 g/mol. The zero-order chi connectivity index (χ0) is 11.8. The second-order valence-electron chi connectivity index (χ2n) is 2.39. The Bertz CT molecular complexity index is 217.